The van der Waals surface area contributed by atoms with E-state index in [0.717, 1.165) is 25.9 Å². The molecule has 3 aromatic rings. The molecule has 2 aliphatic rings. The molecule has 182 valence electrons. The van der Waals surface area contributed by atoms with Gasteiger partial charge in [-0.15, -0.1) is 0 Å². The van der Waals surface area contributed by atoms with Crippen LogP contribution in [0.5, 0.6) is 0 Å². The fraction of sp³-hybridized carbons (Fsp3) is 0.364. The lowest BCUT2D eigenvalue weighted by atomic mass is 10.1. The Labute approximate surface area is 205 Å². The summed E-state index contributed by atoms with van der Waals surface area (Å²) >= 11 is 5.89. The second kappa shape index (κ2) is 10.2. The van der Waals surface area contributed by atoms with E-state index in [9.17, 15) is 10.1 Å². The van der Waals surface area contributed by atoms with Gasteiger partial charge in [-0.2, -0.15) is 20.1 Å². The van der Waals surface area contributed by atoms with E-state index in [2.05, 4.69) is 35.3 Å². The Bertz CT molecular complexity index is 1240. The van der Waals surface area contributed by atoms with Gasteiger partial charge in [-0.05, 0) is 37.1 Å². The van der Waals surface area contributed by atoms with Gasteiger partial charge in [-0.3, -0.25) is 10.1 Å². The number of morpholine rings is 1. The standard InChI is InChI=1S/C22H23ClN8O4/c23-17-5-3-15(13-18(17)31(32)33)19-6-4-16(35-19)14-24-28-20-25-21(29-7-1-2-8-29)27-22(26-20)30-9-11-34-12-10-30/h3-6,13-14H,1-2,7-12H2,(H,25,26,27,28)/b24-14-. The first-order chi connectivity index (χ1) is 17.1. The molecule has 13 heteroatoms. The summed E-state index contributed by atoms with van der Waals surface area (Å²) in [5.41, 5.74) is 3.23. The molecule has 1 N–H and O–H groups in total. The van der Waals surface area contributed by atoms with Gasteiger partial charge in [0.25, 0.3) is 5.69 Å². The van der Waals surface area contributed by atoms with Gasteiger partial charge in [0, 0.05) is 37.8 Å². The molecule has 2 aromatic heterocycles. The molecule has 0 aliphatic carbocycles. The smallest absolute Gasteiger partial charge is 0.288 e. The van der Waals surface area contributed by atoms with Gasteiger partial charge in [0.2, 0.25) is 17.8 Å². The van der Waals surface area contributed by atoms with Gasteiger partial charge < -0.3 is 19.0 Å². The van der Waals surface area contributed by atoms with Crippen molar-refractivity contribution < 1.29 is 14.1 Å². The molecule has 1 aromatic carbocycles. The summed E-state index contributed by atoms with van der Waals surface area (Å²) in [6.45, 7) is 4.50. The predicted octanol–water partition coefficient (Wildman–Crippen LogP) is 3.58. The first-order valence-electron chi connectivity index (χ1n) is 11.2. The van der Waals surface area contributed by atoms with Gasteiger partial charge >= 0.3 is 0 Å². The first kappa shape index (κ1) is 23.0. The number of nitro groups is 1. The third kappa shape index (κ3) is 5.33. The number of furan rings is 1. The van der Waals surface area contributed by atoms with Crippen molar-refractivity contribution in [3.63, 3.8) is 0 Å². The van der Waals surface area contributed by atoms with E-state index in [1.165, 1.54) is 18.3 Å². The van der Waals surface area contributed by atoms with E-state index in [1.54, 1.807) is 18.2 Å². The minimum atomic E-state index is -0.530. The first-order valence-corrected chi connectivity index (χ1v) is 11.6. The third-order valence-electron chi connectivity index (χ3n) is 5.71. The normalized spacial score (nSPS) is 16.3. The van der Waals surface area contributed by atoms with Crippen LogP contribution in [-0.2, 0) is 4.74 Å². The minimum Gasteiger partial charge on any atom is -0.455 e. The van der Waals surface area contributed by atoms with Crippen LogP contribution in [0, 0.1) is 10.1 Å². The predicted molar refractivity (Wildman–Crippen MR) is 131 cm³/mol. The van der Waals surface area contributed by atoms with Gasteiger partial charge in [0.05, 0.1) is 24.4 Å². The summed E-state index contributed by atoms with van der Waals surface area (Å²) in [5.74, 6) is 2.46. The second-order valence-corrected chi connectivity index (χ2v) is 8.46. The molecule has 2 fully saturated rings. The lowest BCUT2D eigenvalue weighted by Crippen LogP contribution is -2.38. The molecule has 0 unspecified atom stereocenters. The van der Waals surface area contributed by atoms with Crippen LogP contribution < -0.4 is 15.2 Å². The number of aromatic nitrogens is 3. The van der Waals surface area contributed by atoms with Crippen molar-refractivity contribution in [1.82, 2.24) is 15.0 Å². The Morgan fingerprint density at radius 3 is 2.46 bits per heavy atom. The Hall–Kier alpha value is -3.77. The highest BCUT2D eigenvalue weighted by Crippen LogP contribution is 2.31. The van der Waals surface area contributed by atoms with Crippen LogP contribution >= 0.6 is 11.6 Å². The Balaban J connectivity index is 1.33. The SMILES string of the molecule is O=[N+]([O-])c1cc(-c2ccc(/C=N\Nc3nc(N4CCCC4)nc(N4CCOCC4)n3)o2)ccc1Cl. The molecule has 35 heavy (non-hydrogen) atoms. The molecular weight excluding hydrogens is 476 g/mol. The number of hydrazone groups is 1. The van der Waals surface area contributed by atoms with Crippen LogP contribution in [0.3, 0.4) is 0 Å². The number of nitrogens with zero attached hydrogens (tertiary/aromatic N) is 7. The van der Waals surface area contributed by atoms with Crippen LogP contribution in [0.25, 0.3) is 11.3 Å². The van der Waals surface area contributed by atoms with Gasteiger partial charge in [0.15, 0.2) is 0 Å². The number of benzene rings is 1. The number of anilines is 3. The zero-order valence-electron chi connectivity index (χ0n) is 18.8. The van der Waals surface area contributed by atoms with Crippen LogP contribution in [0.2, 0.25) is 5.02 Å². The lowest BCUT2D eigenvalue weighted by Gasteiger charge is -2.27. The van der Waals surface area contributed by atoms with Crippen molar-refractivity contribution in [2.45, 2.75) is 12.8 Å². The number of hydrogen-bond acceptors (Lipinski definition) is 11. The van der Waals surface area contributed by atoms with Crippen molar-refractivity contribution in [2.75, 3.05) is 54.6 Å². The van der Waals surface area contributed by atoms with Crippen LogP contribution in [-0.4, -0.2) is 65.5 Å². The van der Waals surface area contributed by atoms with Gasteiger partial charge in [0.1, 0.15) is 16.5 Å². The molecule has 0 bridgehead atoms. The van der Waals surface area contributed by atoms with E-state index >= 15 is 0 Å². The number of nitrogens with one attached hydrogen (secondary N) is 1. The monoisotopic (exact) mass is 498 g/mol. The summed E-state index contributed by atoms with van der Waals surface area (Å²) in [7, 11) is 0. The third-order valence-corrected chi connectivity index (χ3v) is 6.02. The van der Waals surface area contributed by atoms with Crippen LogP contribution in [0.4, 0.5) is 23.5 Å². The number of nitro benzene ring substituents is 1. The highest BCUT2D eigenvalue weighted by atomic mass is 35.5. The highest BCUT2D eigenvalue weighted by Gasteiger charge is 2.21. The Morgan fingerprint density at radius 2 is 1.74 bits per heavy atom. The van der Waals surface area contributed by atoms with E-state index in [-0.39, 0.29) is 10.7 Å². The van der Waals surface area contributed by atoms with E-state index in [1.807, 2.05) is 0 Å². The zero-order valence-corrected chi connectivity index (χ0v) is 19.5. The number of hydrogen-bond donors (Lipinski definition) is 1. The zero-order chi connectivity index (χ0) is 24.2. The van der Waals surface area contributed by atoms with Crippen LogP contribution in [0.1, 0.15) is 18.6 Å². The van der Waals surface area contributed by atoms with Crippen LogP contribution in [0.15, 0.2) is 39.9 Å². The average Bonchev–Trinajstić information content (AvgIpc) is 3.58. The van der Waals surface area contributed by atoms with E-state index in [0.29, 0.717) is 61.2 Å². The lowest BCUT2D eigenvalue weighted by molar-refractivity contribution is -0.384. The largest absolute Gasteiger partial charge is 0.455 e. The number of ether oxygens (including phenoxy) is 1. The van der Waals surface area contributed by atoms with E-state index in [4.69, 9.17) is 20.8 Å². The molecule has 4 heterocycles. The average molecular weight is 499 g/mol. The molecule has 0 amide bonds. The summed E-state index contributed by atoms with van der Waals surface area (Å²) in [5, 5.41) is 15.4. The Kier molecular flexibility index (Phi) is 6.73. The van der Waals surface area contributed by atoms with Crippen molar-refractivity contribution in [3.8, 4) is 11.3 Å². The summed E-state index contributed by atoms with van der Waals surface area (Å²) in [4.78, 5) is 28.6. The topological polar surface area (TPSA) is 135 Å². The number of rotatable bonds is 7. The summed E-state index contributed by atoms with van der Waals surface area (Å²) in [6.07, 6.45) is 3.70. The maximum Gasteiger partial charge on any atom is 0.288 e. The molecule has 0 spiro atoms. The maximum absolute atomic E-state index is 11.2. The number of halogens is 1. The molecule has 5 rings (SSSR count). The molecule has 0 atom stereocenters. The van der Waals surface area contributed by atoms with Crippen molar-refractivity contribution in [2.24, 2.45) is 5.10 Å². The van der Waals surface area contributed by atoms with Crippen molar-refractivity contribution >= 4 is 41.3 Å². The van der Waals surface area contributed by atoms with Crippen molar-refractivity contribution in [3.05, 3.63) is 51.2 Å². The molecular formula is C22H23ClN8O4. The summed E-state index contributed by atoms with van der Waals surface area (Å²) in [6, 6.07) is 7.92. The fourth-order valence-electron chi connectivity index (χ4n) is 3.90. The molecule has 0 radical (unpaired) electrons. The minimum absolute atomic E-state index is 0.0680. The fourth-order valence-corrected chi connectivity index (χ4v) is 4.09. The van der Waals surface area contributed by atoms with E-state index < -0.39 is 4.92 Å². The Morgan fingerprint density at radius 1 is 1.03 bits per heavy atom. The molecule has 2 saturated heterocycles. The van der Waals surface area contributed by atoms with Gasteiger partial charge in [-0.1, -0.05) is 11.6 Å². The van der Waals surface area contributed by atoms with Gasteiger partial charge in [-0.25, -0.2) is 5.43 Å². The summed E-state index contributed by atoms with van der Waals surface area (Å²) < 4.78 is 11.2. The van der Waals surface area contributed by atoms with Crippen molar-refractivity contribution in [1.29, 1.82) is 0 Å². The molecule has 2 aliphatic heterocycles. The highest BCUT2D eigenvalue weighted by molar-refractivity contribution is 6.32. The quantitative estimate of drug-likeness (QED) is 0.292. The molecule has 0 saturated carbocycles. The maximum atomic E-state index is 11.2. The molecule has 12 nitrogen and oxygen atoms in total. The second-order valence-electron chi connectivity index (χ2n) is 8.05.